The fourth-order valence-electron chi connectivity index (χ4n) is 2.71. The molecule has 74 valence electrons. The summed E-state index contributed by atoms with van der Waals surface area (Å²) in [6.07, 6.45) is 2.42. The summed E-state index contributed by atoms with van der Waals surface area (Å²) in [5.41, 5.74) is 1.78. The lowest BCUT2D eigenvalue weighted by atomic mass is 9.75. The molecule has 1 fully saturated rings. The number of hydrogen-bond acceptors (Lipinski definition) is 2. The number of nitrogens with one attached hydrogen (secondary N) is 1. The van der Waals surface area contributed by atoms with Gasteiger partial charge in [0.25, 0.3) is 0 Å². The molecule has 1 atom stereocenters. The van der Waals surface area contributed by atoms with Gasteiger partial charge in [0.2, 0.25) is 0 Å². The van der Waals surface area contributed by atoms with Crippen LogP contribution in [0.1, 0.15) is 18.4 Å². The maximum Gasteiger partial charge on any atom is 0.123 e. The summed E-state index contributed by atoms with van der Waals surface area (Å²) in [4.78, 5) is 0. The molecule has 2 nitrogen and oxygen atoms in total. The summed E-state index contributed by atoms with van der Waals surface area (Å²) in [7, 11) is 0. The van der Waals surface area contributed by atoms with Crippen molar-refractivity contribution in [2.75, 3.05) is 19.7 Å². The molecule has 2 aliphatic heterocycles. The van der Waals surface area contributed by atoms with Gasteiger partial charge in [-0.3, -0.25) is 0 Å². The molecule has 1 spiro atoms. The van der Waals surface area contributed by atoms with E-state index >= 15 is 0 Å². The predicted molar refractivity (Wildman–Crippen MR) is 55.7 cm³/mol. The fraction of sp³-hybridized carbons (Fsp3) is 0.500. The number of ether oxygens (including phenoxy) is 1. The Morgan fingerprint density at radius 3 is 3.00 bits per heavy atom. The molecule has 2 heteroatoms. The van der Waals surface area contributed by atoms with Gasteiger partial charge in [0.05, 0.1) is 6.61 Å². The summed E-state index contributed by atoms with van der Waals surface area (Å²) in [5, 5.41) is 3.47. The lowest BCUT2D eigenvalue weighted by Gasteiger charge is -2.34. The zero-order valence-corrected chi connectivity index (χ0v) is 8.25. The average molecular weight is 189 g/mol. The summed E-state index contributed by atoms with van der Waals surface area (Å²) in [6.45, 7) is 3.14. The van der Waals surface area contributed by atoms with Crippen molar-refractivity contribution in [1.82, 2.24) is 5.32 Å². The molecule has 2 aliphatic rings. The molecule has 1 aromatic carbocycles. The van der Waals surface area contributed by atoms with E-state index in [0.717, 1.165) is 31.9 Å². The Morgan fingerprint density at radius 2 is 2.14 bits per heavy atom. The average Bonchev–Trinajstić information content (AvgIpc) is 2.68. The smallest absolute Gasteiger partial charge is 0.123 e. The van der Waals surface area contributed by atoms with E-state index in [-0.39, 0.29) is 0 Å². The van der Waals surface area contributed by atoms with Gasteiger partial charge < -0.3 is 10.1 Å². The van der Waals surface area contributed by atoms with Crippen LogP contribution in [0.5, 0.6) is 5.75 Å². The number of fused-ring (bicyclic) bond motifs is 2. The van der Waals surface area contributed by atoms with Crippen LogP contribution in [0.3, 0.4) is 0 Å². The van der Waals surface area contributed by atoms with E-state index in [1.54, 1.807) is 0 Å². The molecule has 3 rings (SSSR count). The molecule has 1 saturated heterocycles. The van der Waals surface area contributed by atoms with Gasteiger partial charge in [-0.15, -0.1) is 0 Å². The van der Waals surface area contributed by atoms with Gasteiger partial charge in [-0.05, 0) is 25.5 Å². The number of rotatable bonds is 0. The largest absolute Gasteiger partial charge is 0.493 e. The third kappa shape index (κ3) is 1.07. The van der Waals surface area contributed by atoms with Gasteiger partial charge in [0.1, 0.15) is 5.75 Å². The first-order valence-electron chi connectivity index (χ1n) is 5.34. The lowest BCUT2D eigenvalue weighted by molar-refractivity contribution is 0.223. The van der Waals surface area contributed by atoms with E-state index in [4.69, 9.17) is 4.74 Å². The molecule has 1 unspecified atom stereocenters. The summed E-state index contributed by atoms with van der Waals surface area (Å²) in [5.74, 6) is 1.10. The highest BCUT2D eigenvalue weighted by Gasteiger charge is 2.39. The Morgan fingerprint density at radius 1 is 1.21 bits per heavy atom. The topological polar surface area (TPSA) is 21.3 Å². The van der Waals surface area contributed by atoms with Crippen LogP contribution in [-0.4, -0.2) is 19.7 Å². The first-order valence-corrected chi connectivity index (χ1v) is 5.34. The summed E-state index contributed by atoms with van der Waals surface area (Å²) >= 11 is 0. The molecule has 0 amide bonds. The van der Waals surface area contributed by atoms with Crippen molar-refractivity contribution in [1.29, 1.82) is 0 Å². The van der Waals surface area contributed by atoms with Gasteiger partial charge in [0.15, 0.2) is 0 Å². The molecule has 1 aromatic rings. The normalized spacial score (nSPS) is 30.0. The second-order valence-corrected chi connectivity index (χ2v) is 4.30. The Labute approximate surface area is 84.3 Å². The molecule has 0 aliphatic carbocycles. The monoisotopic (exact) mass is 189 g/mol. The third-order valence-electron chi connectivity index (χ3n) is 3.54. The van der Waals surface area contributed by atoms with Crippen LogP contribution in [0.4, 0.5) is 0 Å². The maximum atomic E-state index is 5.68. The third-order valence-corrected chi connectivity index (χ3v) is 3.54. The molecule has 0 aromatic heterocycles. The van der Waals surface area contributed by atoms with Crippen LogP contribution in [0.15, 0.2) is 24.3 Å². The SMILES string of the molecule is c1ccc2c(c1)OCCC21CCNC1. The van der Waals surface area contributed by atoms with Crippen LogP contribution < -0.4 is 10.1 Å². The Hall–Kier alpha value is -1.02. The molecular weight excluding hydrogens is 174 g/mol. The molecule has 0 bridgehead atoms. The van der Waals surface area contributed by atoms with E-state index in [0.29, 0.717) is 5.41 Å². The van der Waals surface area contributed by atoms with E-state index < -0.39 is 0 Å². The van der Waals surface area contributed by atoms with Crippen molar-refractivity contribution < 1.29 is 4.74 Å². The van der Waals surface area contributed by atoms with E-state index in [9.17, 15) is 0 Å². The van der Waals surface area contributed by atoms with Crippen molar-refractivity contribution in [2.45, 2.75) is 18.3 Å². The van der Waals surface area contributed by atoms with Crippen LogP contribution in [-0.2, 0) is 5.41 Å². The van der Waals surface area contributed by atoms with Gasteiger partial charge >= 0.3 is 0 Å². The van der Waals surface area contributed by atoms with Crippen LogP contribution in [0.25, 0.3) is 0 Å². The fourth-order valence-corrected chi connectivity index (χ4v) is 2.71. The first kappa shape index (κ1) is 8.30. The van der Waals surface area contributed by atoms with Crippen LogP contribution in [0.2, 0.25) is 0 Å². The highest BCUT2D eigenvalue weighted by atomic mass is 16.5. The quantitative estimate of drug-likeness (QED) is 0.670. The molecule has 0 radical (unpaired) electrons. The number of hydrogen-bond donors (Lipinski definition) is 1. The van der Waals surface area contributed by atoms with Gasteiger partial charge in [-0.1, -0.05) is 18.2 Å². The van der Waals surface area contributed by atoms with Gasteiger partial charge in [-0.25, -0.2) is 0 Å². The maximum absolute atomic E-state index is 5.68. The minimum absolute atomic E-state index is 0.370. The van der Waals surface area contributed by atoms with Crippen molar-refractivity contribution in [3.63, 3.8) is 0 Å². The standard InChI is InChI=1S/C12H15NO/c1-2-4-11-10(3-1)12(6-8-14-11)5-7-13-9-12/h1-4,13H,5-9H2. The minimum Gasteiger partial charge on any atom is -0.493 e. The van der Waals surface area contributed by atoms with Gasteiger partial charge in [-0.2, -0.15) is 0 Å². The summed E-state index contributed by atoms with van der Waals surface area (Å²) in [6, 6.07) is 8.49. The molecule has 2 heterocycles. The molecule has 1 N–H and O–H groups in total. The Bertz CT molecular complexity index is 342. The second-order valence-electron chi connectivity index (χ2n) is 4.30. The molecule has 0 saturated carbocycles. The van der Waals surface area contributed by atoms with Crippen LogP contribution >= 0.6 is 0 Å². The van der Waals surface area contributed by atoms with E-state index in [2.05, 4.69) is 29.6 Å². The number of benzene rings is 1. The van der Waals surface area contributed by atoms with Crippen molar-refractivity contribution in [2.24, 2.45) is 0 Å². The zero-order valence-electron chi connectivity index (χ0n) is 8.25. The lowest BCUT2D eigenvalue weighted by Crippen LogP contribution is -2.34. The van der Waals surface area contributed by atoms with E-state index in [1.807, 2.05) is 0 Å². The Kier molecular flexibility index (Phi) is 1.77. The molecular formula is C12H15NO. The summed E-state index contributed by atoms with van der Waals surface area (Å²) < 4.78 is 5.68. The van der Waals surface area contributed by atoms with Crippen molar-refractivity contribution in [3.05, 3.63) is 29.8 Å². The minimum atomic E-state index is 0.370. The van der Waals surface area contributed by atoms with Crippen LogP contribution in [0, 0.1) is 0 Å². The second kappa shape index (κ2) is 2.99. The molecule has 14 heavy (non-hydrogen) atoms. The first-order chi connectivity index (χ1) is 6.91. The number of para-hydroxylation sites is 1. The zero-order chi connectivity index (χ0) is 9.43. The van der Waals surface area contributed by atoms with Crippen molar-refractivity contribution in [3.8, 4) is 5.75 Å². The highest BCUT2D eigenvalue weighted by Crippen LogP contribution is 2.42. The van der Waals surface area contributed by atoms with Crippen molar-refractivity contribution >= 4 is 0 Å². The Balaban J connectivity index is 2.10. The predicted octanol–water partition coefficient (Wildman–Crippen LogP) is 1.70. The highest BCUT2D eigenvalue weighted by molar-refractivity contribution is 5.42. The van der Waals surface area contributed by atoms with Gasteiger partial charge in [0, 0.05) is 17.5 Å². The van der Waals surface area contributed by atoms with E-state index in [1.165, 1.54) is 12.0 Å².